The summed E-state index contributed by atoms with van der Waals surface area (Å²) in [6.07, 6.45) is 3.26. The normalized spacial score (nSPS) is 20.4. The molecule has 2 fully saturated rings. The van der Waals surface area contributed by atoms with Gasteiger partial charge in [-0.3, -0.25) is 28.7 Å². The number of nitrogens with zero attached hydrogens (tertiary/aromatic N) is 5. The molecule has 43 heavy (non-hydrogen) atoms. The Bertz CT molecular complexity index is 2180. The van der Waals surface area contributed by atoms with Crippen molar-refractivity contribution in [3.63, 3.8) is 0 Å². The van der Waals surface area contributed by atoms with Crippen LogP contribution in [-0.4, -0.2) is 59.5 Å². The molecule has 1 N–H and O–H groups in total. The van der Waals surface area contributed by atoms with E-state index >= 15 is 0 Å². The van der Waals surface area contributed by atoms with Gasteiger partial charge < -0.3 is 10.0 Å². The summed E-state index contributed by atoms with van der Waals surface area (Å²) in [6, 6.07) is 23.5. The highest BCUT2D eigenvalue weighted by Gasteiger charge is 2.48. The first-order chi connectivity index (χ1) is 20.9. The van der Waals surface area contributed by atoms with Crippen molar-refractivity contribution in [2.75, 3.05) is 6.54 Å². The maximum atomic E-state index is 13.6. The number of benzene rings is 3. The van der Waals surface area contributed by atoms with Gasteiger partial charge in [0.05, 0.1) is 40.0 Å². The number of Topliss-reactive ketones (excluding diaryl/α,β-unsaturated/α-hetero) is 1. The first-order valence-electron chi connectivity index (χ1n) is 14.4. The molecule has 0 spiro atoms. The number of pyridine rings is 2. The van der Waals surface area contributed by atoms with Gasteiger partial charge in [-0.2, -0.15) is 0 Å². The number of aliphatic hydroxyl groups excluding tert-OH is 1. The van der Waals surface area contributed by atoms with Gasteiger partial charge in [0.15, 0.2) is 11.9 Å². The van der Waals surface area contributed by atoms with Crippen LogP contribution in [0.1, 0.15) is 24.3 Å². The molecule has 1 amide bonds. The second kappa shape index (κ2) is 9.43. The van der Waals surface area contributed by atoms with E-state index < -0.39 is 23.8 Å². The van der Waals surface area contributed by atoms with Crippen molar-refractivity contribution in [2.24, 2.45) is 7.05 Å². The smallest absolute Gasteiger partial charge is 0.333 e. The maximum absolute atomic E-state index is 13.6. The first-order valence-corrected chi connectivity index (χ1v) is 14.4. The highest BCUT2D eigenvalue weighted by molar-refractivity contribution is 6.13. The monoisotopic (exact) mass is 569 g/mol. The standard InChI is InChI=1S/C34H27N5O4/c1-37-29-18-36-27-11-8-20(23-14-22-4-2-3-5-26(22)35-17-23)15-25(27)30(29)39(34(37)43)24-9-6-19(7-10-24)21-12-13-38-28(16-21)31(40)32(41)33(38)42/h2-11,14-15,17-18,21,28,32,41H,12-13,16H2,1H3/t21?,28?,32-/m1/s1. The van der Waals surface area contributed by atoms with Gasteiger partial charge in [0, 0.05) is 36.1 Å². The summed E-state index contributed by atoms with van der Waals surface area (Å²) in [5.41, 5.74) is 6.77. The van der Waals surface area contributed by atoms with Crippen molar-refractivity contribution in [3.8, 4) is 16.8 Å². The molecule has 2 aliphatic rings. The number of hydrogen-bond donors (Lipinski definition) is 1. The van der Waals surface area contributed by atoms with Crippen LogP contribution >= 0.6 is 0 Å². The predicted octanol–water partition coefficient (Wildman–Crippen LogP) is 4.11. The van der Waals surface area contributed by atoms with Crippen molar-refractivity contribution >= 4 is 44.5 Å². The van der Waals surface area contributed by atoms with Crippen molar-refractivity contribution in [3.05, 3.63) is 101 Å². The van der Waals surface area contributed by atoms with Crippen molar-refractivity contribution in [1.82, 2.24) is 24.0 Å². The van der Waals surface area contributed by atoms with E-state index in [1.807, 2.05) is 66.9 Å². The third-order valence-corrected chi connectivity index (χ3v) is 9.15. The minimum absolute atomic E-state index is 0.0738. The topological polar surface area (TPSA) is 110 Å². The second-order valence-corrected chi connectivity index (χ2v) is 11.5. The molecule has 2 saturated heterocycles. The Labute approximate surface area is 245 Å². The molecule has 8 rings (SSSR count). The lowest BCUT2D eigenvalue weighted by Crippen LogP contribution is -2.42. The van der Waals surface area contributed by atoms with Gasteiger partial charge in [-0.15, -0.1) is 0 Å². The number of hydrogen-bond acceptors (Lipinski definition) is 6. The van der Waals surface area contributed by atoms with Crippen LogP contribution in [0.5, 0.6) is 0 Å². The van der Waals surface area contributed by atoms with Gasteiger partial charge in [-0.05, 0) is 66.3 Å². The van der Waals surface area contributed by atoms with Gasteiger partial charge in [-0.25, -0.2) is 4.79 Å². The fourth-order valence-electron chi connectivity index (χ4n) is 6.80. The average Bonchev–Trinajstić information content (AvgIpc) is 3.44. The molecule has 5 heterocycles. The highest BCUT2D eigenvalue weighted by Crippen LogP contribution is 2.36. The summed E-state index contributed by atoms with van der Waals surface area (Å²) in [5, 5.41) is 11.9. The number of carbonyl (C=O) groups is 2. The Hall–Kier alpha value is -5.15. The van der Waals surface area contributed by atoms with Crippen LogP contribution in [0.3, 0.4) is 0 Å². The summed E-state index contributed by atoms with van der Waals surface area (Å²) in [6.45, 7) is 0.440. The summed E-state index contributed by atoms with van der Waals surface area (Å²) < 4.78 is 3.34. The predicted molar refractivity (Wildman–Crippen MR) is 163 cm³/mol. The molecule has 2 unspecified atom stereocenters. The number of fused-ring (bicyclic) bond motifs is 5. The third-order valence-electron chi connectivity index (χ3n) is 9.15. The van der Waals surface area contributed by atoms with E-state index in [1.165, 1.54) is 4.90 Å². The van der Waals surface area contributed by atoms with Crippen LogP contribution in [0.4, 0.5) is 0 Å². The molecule has 9 heteroatoms. The molecule has 3 aromatic heterocycles. The minimum atomic E-state index is -1.54. The molecule has 6 aromatic rings. The van der Waals surface area contributed by atoms with Crippen LogP contribution in [0, 0.1) is 0 Å². The Morgan fingerprint density at radius 2 is 1.65 bits per heavy atom. The number of amides is 1. The zero-order chi connectivity index (χ0) is 29.4. The van der Waals surface area contributed by atoms with Gasteiger partial charge in [0.2, 0.25) is 0 Å². The van der Waals surface area contributed by atoms with Crippen LogP contribution in [0.15, 0.2) is 90.0 Å². The molecule has 0 aliphatic carbocycles. The van der Waals surface area contributed by atoms with Crippen LogP contribution < -0.4 is 5.69 Å². The summed E-state index contributed by atoms with van der Waals surface area (Å²) >= 11 is 0. The van der Waals surface area contributed by atoms with Crippen molar-refractivity contribution < 1.29 is 14.7 Å². The summed E-state index contributed by atoms with van der Waals surface area (Å²) in [5.74, 6) is -0.821. The Kier molecular flexibility index (Phi) is 5.61. The fraction of sp³-hybridized carbons (Fsp3) is 0.206. The summed E-state index contributed by atoms with van der Waals surface area (Å²) in [7, 11) is 1.75. The number of aliphatic hydroxyl groups is 1. The van der Waals surface area contributed by atoms with Gasteiger partial charge >= 0.3 is 5.69 Å². The lowest BCUT2D eigenvalue weighted by atomic mass is 9.85. The van der Waals surface area contributed by atoms with E-state index in [0.717, 1.165) is 55.2 Å². The Balaban J connectivity index is 1.20. The maximum Gasteiger partial charge on any atom is 0.333 e. The minimum Gasteiger partial charge on any atom is -0.376 e. The molecule has 0 saturated carbocycles. The number of imidazole rings is 1. The Morgan fingerprint density at radius 3 is 2.49 bits per heavy atom. The first kappa shape index (κ1) is 25.6. The van der Waals surface area contributed by atoms with Crippen molar-refractivity contribution in [2.45, 2.75) is 30.9 Å². The molecule has 2 aliphatic heterocycles. The van der Waals surface area contributed by atoms with Gasteiger partial charge in [-0.1, -0.05) is 36.4 Å². The molecular weight excluding hydrogens is 542 g/mol. The van der Waals surface area contributed by atoms with Gasteiger partial charge in [0.25, 0.3) is 5.91 Å². The lowest BCUT2D eigenvalue weighted by molar-refractivity contribution is -0.137. The van der Waals surface area contributed by atoms with Crippen molar-refractivity contribution in [1.29, 1.82) is 0 Å². The van der Waals surface area contributed by atoms with E-state index in [2.05, 4.69) is 22.1 Å². The number of ketones is 1. The third kappa shape index (κ3) is 3.85. The zero-order valence-electron chi connectivity index (χ0n) is 23.3. The highest BCUT2D eigenvalue weighted by atomic mass is 16.3. The van der Waals surface area contributed by atoms with E-state index in [4.69, 9.17) is 0 Å². The number of rotatable bonds is 3. The van der Waals surface area contributed by atoms with E-state index in [0.29, 0.717) is 19.4 Å². The van der Waals surface area contributed by atoms with E-state index in [-0.39, 0.29) is 11.6 Å². The van der Waals surface area contributed by atoms with E-state index in [1.54, 1.807) is 22.4 Å². The number of piperidine rings is 1. The number of aryl methyl sites for hydroxylation is 1. The fourth-order valence-corrected chi connectivity index (χ4v) is 6.80. The molecule has 0 bridgehead atoms. The molecule has 3 atom stereocenters. The summed E-state index contributed by atoms with van der Waals surface area (Å²) in [4.78, 5) is 49.1. The molecule has 212 valence electrons. The SMILES string of the molecule is Cn1c(=O)n(-c2ccc(C3CCN4C(=O)[C@H](O)C(=O)C4C3)cc2)c2c3cc(-c4cnc5ccccc5c4)ccc3ncc21. The molecular formula is C34H27N5O4. The van der Waals surface area contributed by atoms with Crippen LogP contribution in [-0.2, 0) is 16.6 Å². The number of para-hydroxylation sites is 1. The van der Waals surface area contributed by atoms with Gasteiger partial charge in [0.1, 0.15) is 0 Å². The molecule has 9 nitrogen and oxygen atoms in total. The van der Waals surface area contributed by atoms with Crippen LogP contribution in [0.2, 0.25) is 0 Å². The largest absolute Gasteiger partial charge is 0.376 e. The van der Waals surface area contributed by atoms with Crippen LogP contribution in [0.25, 0.3) is 49.7 Å². The number of aromatic nitrogens is 4. The zero-order valence-corrected chi connectivity index (χ0v) is 23.3. The Morgan fingerprint density at radius 1 is 0.860 bits per heavy atom. The molecule has 3 aromatic carbocycles. The number of carbonyl (C=O) groups excluding carboxylic acids is 2. The quantitative estimate of drug-likeness (QED) is 0.321. The molecule has 0 radical (unpaired) electrons. The van der Waals surface area contributed by atoms with E-state index in [9.17, 15) is 19.5 Å². The lowest BCUT2D eigenvalue weighted by Gasteiger charge is -2.33. The average molecular weight is 570 g/mol. The second-order valence-electron chi connectivity index (χ2n) is 11.5.